The number of unbranched alkanes of at least 4 members (excludes halogenated alkanes) is 1. The van der Waals surface area contributed by atoms with E-state index in [0.717, 1.165) is 6.61 Å². The lowest BCUT2D eigenvalue weighted by atomic mass is 10.4. The third-order valence-corrected chi connectivity index (χ3v) is 0.702. The van der Waals surface area contributed by atoms with Crippen molar-refractivity contribution in [2.24, 2.45) is 0 Å². The molecule has 0 heterocycles. The highest BCUT2D eigenvalue weighted by Crippen LogP contribution is 1.83. The van der Waals surface area contributed by atoms with Gasteiger partial charge in [-0.25, -0.2) is 0 Å². The van der Waals surface area contributed by atoms with E-state index in [-0.39, 0.29) is 0 Å². The number of methoxy groups -OCH3 is 1. The molecule has 0 atom stereocenters. The summed E-state index contributed by atoms with van der Waals surface area (Å²) in [7, 11) is 1.73. The molecule has 9 heavy (non-hydrogen) atoms. The molecule has 0 aliphatic carbocycles. The molecular formula is C8H16O. The minimum Gasteiger partial charge on any atom is -0.385 e. The maximum Gasteiger partial charge on any atom is 0.0462 e. The van der Waals surface area contributed by atoms with Crippen molar-refractivity contribution in [1.82, 2.24) is 0 Å². The van der Waals surface area contributed by atoms with E-state index in [2.05, 4.69) is 19.3 Å². The maximum atomic E-state index is 4.78. The number of hydrogen-bond acceptors (Lipinski definition) is 1. The molecule has 0 bridgehead atoms. The van der Waals surface area contributed by atoms with Gasteiger partial charge in [0.1, 0.15) is 0 Å². The summed E-state index contributed by atoms with van der Waals surface area (Å²) in [5, 5.41) is 0. The van der Waals surface area contributed by atoms with Crippen LogP contribution in [0.1, 0.15) is 26.7 Å². The van der Waals surface area contributed by atoms with Gasteiger partial charge in [0.15, 0.2) is 0 Å². The average molecular weight is 128 g/mol. The molecule has 0 fully saturated rings. The van der Waals surface area contributed by atoms with Crippen LogP contribution in [0.3, 0.4) is 0 Å². The van der Waals surface area contributed by atoms with Gasteiger partial charge in [-0.2, -0.15) is 0 Å². The van der Waals surface area contributed by atoms with E-state index in [4.69, 9.17) is 4.74 Å². The molecule has 0 saturated heterocycles. The topological polar surface area (TPSA) is 9.23 Å². The molecule has 1 heteroatoms. The van der Waals surface area contributed by atoms with Crippen molar-refractivity contribution in [2.45, 2.75) is 26.7 Å². The zero-order valence-corrected chi connectivity index (χ0v) is 6.61. The molecule has 0 saturated carbocycles. The average Bonchev–Trinajstić information content (AvgIpc) is 1.86. The molecule has 0 unspecified atom stereocenters. The third kappa shape index (κ3) is 36.1. The molecule has 0 N–H and O–H groups in total. The Kier molecular flexibility index (Phi) is 19.7. The van der Waals surface area contributed by atoms with Gasteiger partial charge >= 0.3 is 0 Å². The smallest absolute Gasteiger partial charge is 0.0462 e. The SMILES string of the molecule is C#CC.CCCCOC. The minimum atomic E-state index is 0.913. The summed E-state index contributed by atoms with van der Waals surface area (Å²) < 4.78 is 4.78. The van der Waals surface area contributed by atoms with Gasteiger partial charge < -0.3 is 4.74 Å². The standard InChI is InChI=1S/C5H12O.C3H4/c1-3-4-5-6-2;1-3-2/h3-5H2,1-2H3;1H,2H3. The molecule has 0 aliphatic heterocycles. The van der Waals surface area contributed by atoms with Crippen LogP contribution >= 0.6 is 0 Å². The molecule has 0 amide bonds. The number of rotatable bonds is 3. The molecule has 0 aliphatic rings. The number of hydrogen-bond donors (Lipinski definition) is 0. The summed E-state index contributed by atoms with van der Waals surface area (Å²) in [5.74, 6) is 2.25. The fourth-order valence-corrected chi connectivity index (χ4v) is 0.289. The van der Waals surface area contributed by atoms with Crippen LogP contribution in [0.25, 0.3) is 0 Å². The van der Waals surface area contributed by atoms with E-state index in [1.165, 1.54) is 12.8 Å². The lowest BCUT2D eigenvalue weighted by Crippen LogP contribution is -1.84. The Bertz CT molecular complexity index is 57.5. The molecule has 1 nitrogen and oxygen atoms in total. The van der Waals surface area contributed by atoms with Gasteiger partial charge in [0.05, 0.1) is 0 Å². The summed E-state index contributed by atoms with van der Waals surface area (Å²) in [4.78, 5) is 0. The van der Waals surface area contributed by atoms with Crippen LogP contribution in [0.5, 0.6) is 0 Å². The Hall–Kier alpha value is -0.480. The largest absolute Gasteiger partial charge is 0.385 e. The van der Waals surface area contributed by atoms with Crippen molar-refractivity contribution >= 4 is 0 Å². The van der Waals surface area contributed by atoms with E-state index in [9.17, 15) is 0 Å². The van der Waals surface area contributed by atoms with E-state index >= 15 is 0 Å². The molecule has 54 valence electrons. The van der Waals surface area contributed by atoms with Gasteiger partial charge in [0, 0.05) is 13.7 Å². The van der Waals surface area contributed by atoms with Crippen molar-refractivity contribution in [3.63, 3.8) is 0 Å². The summed E-state index contributed by atoms with van der Waals surface area (Å²) >= 11 is 0. The zero-order chi connectivity index (χ0) is 7.54. The highest BCUT2D eigenvalue weighted by Gasteiger charge is 1.74. The lowest BCUT2D eigenvalue weighted by Gasteiger charge is -1.89. The van der Waals surface area contributed by atoms with Crippen LogP contribution in [0.2, 0.25) is 0 Å². The lowest BCUT2D eigenvalue weighted by molar-refractivity contribution is 0.194. The van der Waals surface area contributed by atoms with E-state index < -0.39 is 0 Å². The van der Waals surface area contributed by atoms with Gasteiger partial charge in [-0.05, 0) is 13.3 Å². The Labute approximate surface area is 58.4 Å². The van der Waals surface area contributed by atoms with Crippen LogP contribution in [0.15, 0.2) is 0 Å². The van der Waals surface area contributed by atoms with Crippen molar-refractivity contribution in [3.05, 3.63) is 0 Å². The Morgan fingerprint density at radius 2 is 2.00 bits per heavy atom. The van der Waals surface area contributed by atoms with Crippen LogP contribution in [0.4, 0.5) is 0 Å². The number of ether oxygens (including phenoxy) is 1. The summed E-state index contributed by atoms with van der Waals surface area (Å²) in [6, 6.07) is 0. The van der Waals surface area contributed by atoms with Crippen molar-refractivity contribution < 1.29 is 4.74 Å². The Morgan fingerprint density at radius 1 is 1.56 bits per heavy atom. The van der Waals surface area contributed by atoms with Crippen molar-refractivity contribution in [3.8, 4) is 12.3 Å². The summed E-state index contributed by atoms with van der Waals surface area (Å²) in [6.07, 6.45) is 7.02. The monoisotopic (exact) mass is 128 g/mol. The highest BCUT2D eigenvalue weighted by atomic mass is 16.5. The second-order valence-electron chi connectivity index (χ2n) is 1.64. The first-order valence-electron chi connectivity index (χ1n) is 3.19. The Morgan fingerprint density at radius 3 is 2.11 bits per heavy atom. The fraction of sp³-hybridized carbons (Fsp3) is 0.750. The fourth-order valence-electron chi connectivity index (χ4n) is 0.289. The first kappa shape index (κ1) is 11.3. The van der Waals surface area contributed by atoms with Crippen LogP contribution in [-0.2, 0) is 4.74 Å². The first-order chi connectivity index (χ1) is 4.33. The number of terminal acetylenes is 1. The van der Waals surface area contributed by atoms with Crippen molar-refractivity contribution in [1.29, 1.82) is 0 Å². The quantitative estimate of drug-likeness (QED) is 0.417. The van der Waals surface area contributed by atoms with Gasteiger partial charge in [-0.15, -0.1) is 12.3 Å². The van der Waals surface area contributed by atoms with E-state index in [1.807, 2.05) is 0 Å². The first-order valence-corrected chi connectivity index (χ1v) is 3.19. The highest BCUT2D eigenvalue weighted by molar-refractivity contribution is 4.73. The predicted molar refractivity (Wildman–Crippen MR) is 41.3 cm³/mol. The Balaban J connectivity index is 0. The summed E-state index contributed by atoms with van der Waals surface area (Å²) in [6.45, 7) is 4.72. The normalized spacial score (nSPS) is 6.89. The van der Waals surface area contributed by atoms with Gasteiger partial charge in [-0.3, -0.25) is 0 Å². The molecule has 0 spiro atoms. The van der Waals surface area contributed by atoms with Crippen molar-refractivity contribution in [2.75, 3.05) is 13.7 Å². The maximum absolute atomic E-state index is 4.78. The second-order valence-corrected chi connectivity index (χ2v) is 1.64. The second kappa shape index (κ2) is 15.6. The van der Waals surface area contributed by atoms with E-state index in [1.54, 1.807) is 14.0 Å². The summed E-state index contributed by atoms with van der Waals surface area (Å²) in [5.41, 5.74) is 0. The van der Waals surface area contributed by atoms with Crippen LogP contribution in [0, 0.1) is 12.3 Å². The van der Waals surface area contributed by atoms with Crippen LogP contribution < -0.4 is 0 Å². The minimum absolute atomic E-state index is 0.913. The predicted octanol–water partition coefficient (Wildman–Crippen LogP) is 2.07. The molecule has 0 aromatic heterocycles. The molecule has 0 rings (SSSR count). The third-order valence-electron chi connectivity index (χ3n) is 0.702. The van der Waals surface area contributed by atoms with Crippen LogP contribution in [-0.4, -0.2) is 13.7 Å². The van der Waals surface area contributed by atoms with Gasteiger partial charge in [0.25, 0.3) is 0 Å². The van der Waals surface area contributed by atoms with Gasteiger partial charge in [-0.1, -0.05) is 13.3 Å². The molecule has 0 aromatic rings. The zero-order valence-electron chi connectivity index (χ0n) is 6.61. The molecular weight excluding hydrogens is 112 g/mol. The van der Waals surface area contributed by atoms with Gasteiger partial charge in [0.2, 0.25) is 0 Å². The molecule has 0 radical (unpaired) electrons. The van der Waals surface area contributed by atoms with E-state index in [0.29, 0.717) is 0 Å². The molecule has 0 aromatic carbocycles.